The van der Waals surface area contributed by atoms with Crippen LogP contribution >= 0.6 is 0 Å². The highest BCUT2D eigenvalue weighted by Gasteiger charge is 2.40. The number of benzene rings is 1. The number of pyridine rings is 1. The predicted molar refractivity (Wildman–Crippen MR) is 136 cm³/mol. The van der Waals surface area contributed by atoms with Gasteiger partial charge in [-0.1, -0.05) is 18.2 Å². The van der Waals surface area contributed by atoms with Gasteiger partial charge in [0.1, 0.15) is 11.8 Å². The predicted octanol–water partition coefficient (Wildman–Crippen LogP) is 1.40. The zero-order valence-electron chi connectivity index (χ0n) is 21.2. The molecule has 0 saturated heterocycles. The van der Waals surface area contributed by atoms with Crippen molar-refractivity contribution in [3.8, 4) is 5.75 Å². The van der Waals surface area contributed by atoms with Gasteiger partial charge in [-0.05, 0) is 31.9 Å². The number of hydrogen-bond acceptors (Lipinski definition) is 7. The average Bonchev–Trinajstić information content (AvgIpc) is 3.36. The van der Waals surface area contributed by atoms with E-state index < -0.39 is 35.7 Å². The van der Waals surface area contributed by atoms with Gasteiger partial charge in [-0.25, -0.2) is 4.98 Å². The SMILES string of the molecule is CCNC(=O)COc1ccccc1CNC(=O)[C@@H]1CCc2cnc(NCC(F)(F)c3cccc[n+]3[O-])c(=O)n21. The first-order chi connectivity index (χ1) is 18.7. The molecule has 3 aromatic rings. The van der Waals surface area contributed by atoms with E-state index in [0.717, 1.165) is 12.3 Å². The van der Waals surface area contributed by atoms with Gasteiger partial charge in [0.2, 0.25) is 5.91 Å². The Morgan fingerprint density at radius 3 is 2.74 bits per heavy atom. The summed E-state index contributed by atoms with van der Waals surface area (Å²) >= 11 is 0. The molecule has 13 heteroatoms. The van der Waals surface area contributed by atoms with Crippen LogP contribution < -0.4 is 31.0 Å². The van der Waals surface area contributed by atoms with Crippen molar-refractivity contribution in [1.82, 2.24) is 20.2 Å². The van der Waals surface area contributed by atoms with E-state index in [0.29, 0.717) is 36.4 Å². The van der Waals surface area contributed by atoms with Crippen molar-refractivity contribution in [2.24, 2.45) is 0 Å². The van der Waals surface area contributed by atoms with Crippen LogP contribution in [-0.4, -0.2) is 41.1 Å². The third-order valence-electron chi connectivity index (χ3n) is 6.20. The molecule has 39 heavy (non-hydrogen) atoms. The highest BCUT2D eigenvalue weighted by molar-refractivity contribution is 5.81. The van der Waals surface area contributed by atoms with Gasteiger partial charge in [0.25, 0.3) is 17.2 Å². The van der Waals surface area contributed by atoms with Crippen molar-refractivity contribution >= 4 is 17.6 Å². The standard InChI is InChI=1S/C26H28F2N6O5/c1-2-29-22(35)15-39-20-8-4-3-7-17(20)13-31-24(36)19-11-10-18-14-30-23(25(37)34(18)19)32-16-26(27,28)21-9-5-6-12-33(21)38/h3-9,12,14,19H,2,10-11,13,15-16H2,1H3,(H,29,35)(H,30,32)(H,31,36)/t19-/m0/s1. The Balaban J connectivity index is 1.44. The molecule has 0 spiro atoms. The number of nitrogens with one attached hydrogen (secondary N) is 3. The summed E-state index contributed by atoms with van der Waals surface area (Å²) in [6.45, 7) is 1.14. The molecule has 0 fully saturated rings. The molecular formula is C26H28F2N6O5. The van der Waals surface area contributed by atoms with Crippen molar-refractivity contribution in [3.63, 3.8) is 0 Å². The second-order valence-corrected chi connectivity index (χ2v) is 8.87. The van der Waals surface area contributed by atoms with Crippen molar-refractivity contribution < 1.29 is 27.8 Å². The fourth-order valence-corrected chi connectivity index (χ4v) is 4.29. The molecule has 1 aliphatic rings. The van der Waals surface area contributed by atoms with E-state index >= 15 is 0 Å². The number of amides is 2. The van der Waals surface area contributed by atoms with Crippen molar-refractivity contribution in [2.75, 3.05) is 25.0 Å². The number of fused-ring (bicyclic) bond motifs is 1. The first-order valence-corrected chi connectivity index (χ1v) is 12.4. The van der Waals surface area contributed by atoms with E-state index in [2.05, 4.69) is 20.9 Å². The number of rotatable bonds is 11. The van der Waals surface area contributed by atoms with Crippen LogP contribution in [0.3, 0.4) is 0 Å². The lowest BCUT2D eigenvalue weighted by molar-refractivity contribution is -0.624. The zero-order chi connectivity index (χ0) is 28.0. The van der Waals surface area contributed by atoms with Gasteiger partial charge in [-0.3, -0.25) is 19.0 Å². The van der Waals surface area contributed by atoms with Gasteiger partial charge in [0.15, 0.2) is 18.6 Å². The number of aromatic nitrogens is 3. The summed E-state index contributed by atoms with van der Waals surface area (Å²) in [6.07, 6.45) is 3.07. The third kappa shape index (κ3) is 6.30. The molecule has 0 bridgehead atoms. The number of nitrogens with zero attached hydrogens (tertiary/aromatic N) is 3. The first-order valence-electron chi connectivity index (χ1n) is 12.4. The van der Waals surface area contributed by atoms with Crippen LogP contribution in [0.1, 0.15) is 36.3 Å². The molecule has 11 nitrogen and oxygen atoms in total. The Labute approximate surface area is 222 Å². The molecular weight excluding hydrogens is 514 g/mol. The summed E-state index contributed by atoms with van der Waals surface area (Å²) in [5, 5.41) is 19.5. The van der Waals surface area contributed by atoms with Crippen LogP contribution in [0.15, 0.2) is 59.7 Å². The quantitative estimate of drug-likeness (QED) is 0.246. The molecule has 0 unspecified atom stereocenters. The van der Waals surface area contributed by atoms with Gasteiger partial charge in [0, 0.05) is 42.7 Å². The number of anilines is 1. The first kappa shape index (κ1) is 27.5. The number of ether oxygens (including phenoxy) is 1. The summed E-state index contributed by atoms with van der Waals surface area (Å²) in [6, 6.07) is 9.71. The molecule has 1 aromatic carbocycles. The van der Waals surface area contributed by atoms with Crippen LogP contribution in [0.2, 0.25) is 0 Å². The van der Waals surface area contributed by atoms with Gasteiger partial charge in [0.05, 0.1) is 6.54 Å². The van der Waals surface area contributed by atoms with E-state index in [9.17, 15) is 28.4 Å². The fourth-order valence-electron chi connectivity index (χ4n) is 4.29. The topological polar surface area (TPSA) is 141 Å². The minimum absolute atomic E-state index is 0.0637. The molecule has 2 amide bonds. The lowest BCUT2D eigenvalue weighted by atomic mass is 10.1. The van der Waals surface area contributed by atoms with E-state index in [1.165, 1.54) is 22.9 Å². The Morgan fingerprint density at radius 1 is 1.21 bits per heavy atom. The van der Waals surface area contributed by atoms with Crippen LogP contribution in [0.4, 0.5) is 14.6 Å². The van der Waals surface area contributed by atoms with E-state index in [1.807, 2.05) is 0 Å². The van der Waals surface area contributed by atoms with E-state index in [-0.39, 0.29) is 29.6 Å². The normalized spacial score (nSPS) is 14.4. The Hall–Kier alpha value is -4.55. The molecule has 1 atom stereocenters. The maximum Gasteiger partial charge on any atom is 0.347 e. The minimum atomic E-state index is -3.58. The molecule has 206 valence electrons. The monoisotopic (exact) mass is 542 g/mol. The van der Waals surface area contributed by atoms with Crippen LogP contribution in [-0.2, 0) is 28.5 Å². The number of halogens is 2. The molecule has 0 saturated carbocycles. The largest absolute Gasteiger partial charge is 0.618 e. The molecule has 2 aromatic heterocycles. The maximum absolute atomic E-state index is 14.6. The number of carbonyl (C=O) groups is 2. The summed E-state index contributed by atoms with van der Waals surface area (Å²) < 4.78 is 36.1. The number of alkyl halides is 2. The zero-order valence-corrected chi connectivity index (χ0v) is 21.2. The second kappa shape index (κ2) is 11.9. The maximum atomic E-state index is 14.6. The van der Waals surface area contributed by atoms with Crippen molar-refractivity contribution in [1.29, 1.82) is 0 Å². The lowest BCUT2D eigenvalue weighted by Crippen LogP contribution is -2.42. The molecule has 3 N–H and O–H groups in total. The number of likely N-dealkylation sites (N-methyl/N-ethyl adjacent to an activating group) is 1. The number of hydrogen-bond donors (Lipinski definition) is 3. The molecule has 0 radical (unpaired) electrons. The molecule has 4 rings (SSSR count). The smallest absolute Gasteiger partial charge is 0.347 e. The summed E-state index contributed by atoms with van der Waals surface area (Å²) in [7, 11) is 0. The Bertz CT molecular complexity index is 1410. The van der Waals surface area contributed by atoms with Crippen LogP contribution in [0, 0.1) is 5.21 Å². The van der Waals surface area contributed by atoms with E-state index in [1.54, 1.807) is 31.2 Å². The molecule has 1 aliphatic heterocycles. The van der Waals surface area contributed by atoms with Crippen molar-refractivity contribution in [2.45, 2.75) is 38.3 Å². The number of aryl methyl sites for hydroxylation is 1. The average molecular weight is 543 g/mol. The lowest BCUT2D eigenvalue weighted by Gasteiger charge is -2.18. The minimum Gasteiger partial charge on any atom is -0.618 e. The van der Waals surface area contributed by atoms with Gasteiger partial charge in [-0.2, -0.15) is 13.5 Å². The molecule has 0 aliphatic carbocycles. The van der Waals surface area contributed by atoms with Crippen molar-refractivity contribution in [3.05, 3.63) is 87.4 Å². The number of para-hydroxylation sites is 1. The second-order valence-electron chi connectivity index (χ2n) is 8.87. The Morgan fingerprint density at radius 2 is 1.97 bits per heavy atom. The van der Waals surface area contributed by atoms with Crippen LogP contribution in [0.5, 0.6) is 5.75 Å². The summed E-state index contributed by atoms with van der Waals surface area (Å²) in [5.41, 5.74) is -0.346. The summed E-state index contributed by atoms with van der Waals surface area (Å²) in [4.78, 5) is 41.9. The highest BCUT2D eigenvalue weighted by atomic mass is 19.3. The Kier molecular flexibility index (Phi) is 8.37. The van der Waals surface area contributed by atoms with Gasteiger partial charge >= 0.3 is 5.92 Å². The number of carbonyl (C=O) groups excluding carboxylic acids is 2. The van der Waals surface area contributed by atoms with Gasteiger partial charge < -0.3 is 25.9 Å². The third-order valence-corrected chi connectivity index (χ3v) is 6.20. The summed E-state index contributed by atoms with van der Waals surface area (Å²) in [5.74, 6) is -4.21. The van der Waals surface area contributed by atoms with Gasteiger partial charge in [-0.15, -0.1) is 0 Å². The van der Waals surface area contributed by atoms with E-state index in [4.69, 9.17) is 4.74 Å². The fraction of sp³-hybridized carbons (Fsp3) is 0.346. The van der Waals surface area contributed by atoms with Crippen LogP contribution in [0.25, 0.3) is 0 Å². The molecule has 3 heterocycles. The highest BCUT2D eigenvalue weighted by Crippen LogP contribution is 2.27.